The molecule has 1 aromatic rings. The average molecular weight is 359 g/mol. The Morgan fingerprint density at radius 3 is 2.88 bits per heavy atom. The predicted molar refractivity (Wildman–Crippen MR) is 108 cm³/mol. The molecule has 0 aromatic heterocycles. The molecule has 1 aliphatic carbocycles. The summed E-state index contributed by atoms with van der Waals surface area (Å²) < 4.78 is 5.45. The Kier molecular flexibility index (Phi) is 7.32. The van der Waals surface area contributed by atoms with Crippen molar-refractivity contribution in [2.24, 2.45) is 4.99 Å². The number of morpholine rings is 1. The highest BCUT2D eigenvalue weighted by Crippen LogP contribution is 2.30. The van der Waals surface area contributed by atoms with E-state index in [1.807, 2.05) is 0 Å². The number of hydrogen-bond donors (Lipinski definition) is 2. The van der Waals surface area contributed by atoms with E-state index in [1.54, 1.807) is 0 Å². The Morgan fingerprint density at radius 1 is 1.27 bits per heavy atom. The summed E-state index contributed by atoms with van der Waals surface area (Å²) in [5.74, 6) is 1.52. The van der Waals surface area contributed by atoms with Gasteiger partial charge in [-0.1, -0.05) is 24.3 Å². The molecular formula is C21H34N4O. The molecule has 5 nitrogen and oxygen atoms in total. The third kappa shape index (κ3) is 5.21. The molecule has 2 unspecified atom stereocenters. The van der Waals surface area contributed by atoms with Gasteiger partial charge >= 0.3 is 0 Å². The Morgan fingerprint density at radius 2 is 2.08 bits per heavy atom. The molecule has 0 bridgehead atoms. The lowest BCUT2D eigenvalue weighted by Crippen LogP contribution is -2.45. The van der Waals surface area contributed by atoms with E-state index in [0.29, 0.717) is 12.0 Å². The van der Waals surface area contributed by atoms with E-state index >= 15 is 0 Å². The van der Waals surface area contributed by atoms with E-state index in [1.165, 1.54) is 30.4 Å². The fourth-order valence-electron chi connectivity index (χ4n) is 3.99. The van der Waals surface area contributed by atoms with Crippen LogP contribution in [0.2, 0.25) is 0 Å². The van der Waals surface area contributed by atoms with Gasteiger partial charge in [-0.3, -0.25) is 9.89 Å². The van der Waals surface area contributed by atoms with Gasteiger partial charge in [0.15, 0.2) is 5.96 Å². The van der Waals surface area contributed by atoms with Gasteiger partial charge in [0, 0.05) is 38.1 Å². The minimum atomic E-state index is 0.449. The first-order valence-electron chi connectivity index (χ1n) is 10.2. The molecule has 1 heterocycles. The Balaban J connectivity index is 1.55. The van der Waals surface area contributed by atoms with Crippen molar-refractivity contribution in [2.45, 2.75) is 45.1 Å². The molecule has 0 amide bonds. The first-order valence-corrected chi connectivity index (χ1v) is 10.2. The van der Waals surface area contributed by atoms with E-state index < -0.39 is 0 Å². The van der Waals surface area contributed by atoms with E-state index in [9.17, 15) is 0 Å². The van der Waals surface area contributed by atoms with Crippen molar-refractivity contribution >= 4 is 5.96 Å². The molecule has 5 heteroatoms. The normalized spacial score (nSPS) is 22.5. The summed E-state index contributed by atoms with van der Waals surface area (Å²) in [6.45, 7) is 10.7. The number of guanidine groups is 1. The van der Waals surface area contributed by atoms with Gasteiger partial charge in [-0.15, -0.1) is 0 Å². The van der Waals surface area contributed by atoms with Gasteiger partial charge in [-0.25, -0.2) is 0 Å². The highest BCUT2D eigenvalue weighted by Gasteiger charge is 2.20. The van der Waals surface area contributed by atoms with Crippen molar-refractivity contribution in [3.63, 3.8) is 0 Å². The minimum Gasteiger partial charge on any atom is -0.379 e. The third-order valence-corrected chi connectivity index (χ3v) is 5.54. The number of nitrogens with one attached hydrogen (secondary N) is 2. The molecule has 1 fully saturated rings. The lowest BCUT2D eigenvalue weighted by Gasteiger charge is -2.31. The summed E-state index contributed by atoms with van der Waals surface area (Å²) >= 11 is 0. The molecule has 1 saturated heterocycles. The number of rotatable bonds is 6. The molecule has 1 aliphatic heterocycles. The van der Waals surface area contributed by atoms with Crippen molar-refractivity contribution < 1.29 is 4.74 Å². The van der Waals surface area contributed by atoms with Crippen molar-refractivity contribution in [1.29, 1.82) is 0 Å². The SMILES string of the molecule is CCNC(=NCC(C)N1CCOCC1)NCC1CCCc2ccccc21. The van der Waals surface area contributed by atoms with Gasteiger partial charge in [0.25, 0.3) is 0 Å². The zero-order valence-electron chi connectivity index (χ0n) is 16.3. The van der Waals surface area contributed by atoms with Crippen molar-refractivity contribution in [1.82, 2.24) is 15.5 Å². The fourth-order valence-corrected chi connectivity index (χ4v) is 3.99. The Bertz CT molecular complexity index is 583. The zero-order valence-corrected chi connectivity index (χ0v) is 16.3. The van der Waals surface area contributed by atoms with E-state index in [4.69, 9.17) is 9.73 Å². The number of ether oxygens (including phenoxy) is 1. The van der Waals surface area contributed by atoms with Crippen molar-refractivity contribution in [3.05, 3.63) is 35.4 Å². The second-order valence-corrected chi connectivity index (χ2v) is 7.39. The number of hydrogen-bond acceptors (Lipinski definition) is 3. The third-order valence-electron chi connectivity index (χ3n) is 5.54. The number of fused-ring (bicyclic) bond motifs is 1. The number of benzene rings is 1. The topological polar surface area (TPSA) is 48.9 Å². The smallest absolute Gasteiger partial charge is 0.191 e. The molecule has 2 atom stereocenters. The van der Waals surface area contributed by atoms with Crippen LogP contribution >= 0.6 is 0 Å². The van der Waals surface area contributed by atoms with Gasteiger partial charge in [-0.2, -0.15) is 0 Å². The molecular weight excluding hydrogens is 324 g/mol. The monoisotopic (exact) mass is 358 g/mol. The summed E-state index contributed by atoms with van der Waals surface area (Å²) in [7, 11) is 0. The summed E-state index contributed by atoms with van der Waals surface area (Å²) in [5.41, 5.74) is 3.04. The summed E-state index contributed by atoms with van der Waals surface area (Å²) in [4.78, 5) is 7.31. The minimum absolute atomic E-state index is 0.449. The summed E-state index contributed by atoms with van der Waals surface area (Å²) in [5, 5.41) is 6.99. The maximum atomic E-state index is 5.45. The molecule has 1 aromatic carbocycles. The molecule has 144 valence electrons. The van der Waals surface area contributed by atoms with Crippen LogP contribution in [-0.4, -0.2) is 62.8 Å². The van der Waals surface area contributed by atoms with Gasteiger partial charge < -0.3 is 15.4 Å². The van der Waals surface area contributed by atoms with E-state index in [2.05, 4.69) is 53.6 Å². The highest BCUT2D eigenvalue weighted by molar-refractivity contribution is 5.79. The first-order chi connectivity index (χ1) is 12.8. The van der Waals surface area contributed by atoms with Crippen LogP contribution in [-0.2, 0) is 11.2 Å². The van der Waals surface area contributed by atoms with Crippen LogP contribution in [0.15, 0.2) is 29.3 Å². The molecule has 0 saturated carbocycles. The summed E-state index contributed by atoms with van der Waals surface area (Å²) in [6, 6.07) is 9.36. The zero-order chi connectivity index (χ0) is 18.2. The van der Waals surface area contributed by atoms with E-state index in [0.717, 1.165) is 51.9 Å². The highest BCUT2D eigenvalue weighted by atomic mass is 16.5. The average Bonchev–Trinajstić information content (AvgIpc) is 2.70. The number of nitrogens with zero attached hydrogens (tertiary/aromatic N) is 2. The van der Waals surface area contributed by atoms with Crippen molar-refractivity contribution in [2.75, 3.05) is 45.9 Å². The maximum absolute atomic E-state index is 5.45. The van der Waals surface area contributed by atoms with Gasteiger partial charge in [-0.05, 0) is 44.2 Å². The van der Waals surface area contributed by atoms with Crippen LogP contribution in [0.1, 0.15) is 43.7 Å². The van der Waals surface area contributed by atoms with Gasteiger partial charge in [0.1, 0.15) is 0 Å². The lowest BCUT2D eigenvalue weighted by atomic mass is 9.83. The van der Waals surface area contributed by atoms with Crippen LogP contribution in [0, 0.1) is 0 Å². The number of aliphatic imine (C=N–C) groups is 1. The first kappa shape index (κ1) is 19.2. The molecule has 26 heavy (non-hydrogen) atoms. The standard InChI is InChI=1S/C21H34N4O/c1-3-22-21(23-15-17(2)25-11-13-26-14-12-25)24-16-19-9-6-8-18-7-4-5-10-20(18)19/h4-5,7,10,17,19H,3,6,8-9,11-16H2,1-2H3,(H2,22,23,24). The summed E-state index contributed by atoms with van der Waals surface area (Å²) in [6.07, 6.45) is 3.76. The molecule has 3 rings (SSSR count). The van der Waals surface area contributed by atoms with Crippen LogP contribution < -0.4 is 10.6 Å². The van der Waals surface area contributed by atoms with Gasteiger partial charge in [0.05, 0.1) is 19.8 Å². The van der Waals surface area contributed by atoms with Gasteiger partial charge in [0.2, 0.25) is 0 Å². The quantitative estimate of drug-likeness (QED) is 0.606. The van der Waals surface area contributed by atoms with Crippen molar-refractivity contribution in [3.8, 4) is 0 Å². The second kappa shape index (κ2) is 9.93. The van der Waals surface area contributed by atoms with Crippen LogP contribution in [0.25, 0.3) is 0 Å². The Hall–Kier alpha value is -1.59. The fraction of sp³-hybridized carbons (Fsp3) is 0.667. The maximum Gasteiger partial charge on any atom is 0.191 e. The second-order valence-electron chi connectivity index (χ2n) is 7.39. The van der Waals surface area contributed by atoms with Crippen LogP contribution in [0.3, 0.4) is 0 Å². The molecule has 2 N–H and O–H groups in total. The molecule has 0 spiro atoms. The molecule has 2 aliphatic rings. The predicted octanol–water partition coefficient (Wildman–Crippen LogP) is 2.38. The number of aryl methyl sites for hydroxylation is 1. The van der Waals surface area contributed by atoms with Crippen LogP contribution in [0.5, 0.6) is 0 Å². The van der Waals surface area contributed by atoms with E-state index in [-0.39, 0.29) is 0 Å². The lowest BCUT2D eigenvalue weighted by molar-refractivity contribution is 0.0220. The largest absolute Gasteiger partial charge is 0.379 e. The molecule has 0 radical (unpaired) electrons. The van der Waals surface area contributed by atoms with Crippen LogP contribution in [0.4, 0.5) is 0 Å². The Labute approximate surface area is 158 Å².